The first-order valence-electron chi connectivity index (χ1n) is 12.2. The van der Waals surface area contributed by atoms with Crippen molar-refractivity contribution in [3.8, 4) is 0 Å². The lowest BCUT2D eigenvalue weighted by atomic mass is 9.94. The van der Waals surface area contributed by atoms with E-state index in [1.165, 1.54) is 12.1 Å². The predicted octanol–water partition coefficient (Wildman–Crippen LogP) is 2.54. The van der Waals surface area contributed by atoms with E-state index in [9.17, 15) is 27.9 Å². The van der Waals surface area contributed by atoms with Gasteiger partial charge in [0, 0.05) is 19.0 Å². The van der Waals surface area contributed by atoms with Gasteiger partial charge in [0.15, 0.2) is 0 Å². The van der Waals surface area contributed by atoms with E-state index >= 15 is 0 Å². The third-order valence-corrected chi connectivity index (χ3v) is 7.62. The molecule has 3 N–H and O–H groups in total. The Balaban J connectivity index is 2.03. The van der Waals surface area contributed by atoms with Crippen molar-refractivity contribution in [1.29, 1.82) is 0 Å². The predicted molar refractivity (Wildman–Crippen MR) is 133 cm³/mol. The summed E-state index contributed by atoms with van der Waals surface area (Å²) in [6, 6.07) is 4.60. The molecule has 1 aliphatic heterocycles. The molecule has 35 heavy (non-hydrogen) atoms. The molecule has 0 aromatic heterocycles. The molecule has 1 saturated heterocycles. The Morgan fingerprint density at radius 1 is 0.971 bits per heavy atom. The van der Waals surface area contributed by atoms with Gasteiger partial charge in [-0.2, -0.15) is 4.72 Å². The number of aryl methyl sites for hydroxylation is 1. The van der Waals surface area contributed by atoms with Crippen molar-refractivity contribution in [2.45, 2.75) is 77.3 Å². The van der Waals surface area contributed by atoms with Gasteiger partial charge in [-0.3, -0.25) is 9.59 Å². The van der Waals surface area contributed by atoms with E-state index in [-0.39, 0.29) is 34.5 Å². The molecule has 0 spiro atoms. The Morgan fingerprint density at radius 2 is 1.49 bits per heavy atom. The Kier molecular flexibility index (Phi) is 10.3. The summed E-state index contributed by atoms with van der Waals surface area (Å²) in [6.07, 6.45) is 1.48. The summed E-state index contributed by atoms with van der Waals surface area (Å²) >= 11 is 0. The molecule has 1 fully saturated rings. The Morgan fingerprint density at radius 3 is 1.97 bits per heavy atom. The minimum absolute atomic E-state index is 0.0851. The van der Waals surface area contributed by atoms with Gasteiger partial charge in [-0.05, 0) is 56.6 Å². The fourth-order valence-electron chi connectivity index (χ4n) is 4.21. The highest BCUT2D eigenvalue weighted by Crippen LogP contribution is 2.21. The van der Waals surface area contributed by atoms with Crippen LogP contribution in [-0.4, -0.2) is 61.4 Å². The first-order valence-corrected chi connectivity index (χ1v) is 13.7. The van der Waals surface area contributed by atoms with Gasteiger partial charge in [-0.15, -0.1) is 0 Å². The van der Waals surface area contributed by atoms with Crippen LogP contribution in [0.5, 0.6) is 0 Å². The summed E-state index contributed by atoms with van der Waals surface area (Å²) < 4.78 is 28.4. The molecule has 1 aromatic rings. The van der Waals surface area contributed by atoms with Crippen molar-refractivity contribution in [3.05, 3.63) is 29.8 Å². The van der Waals surface area contributed by atoms with E-state index in [4.69, 9.17) is 0 Å². The van der Waals surface area contributed by atoms with Crippen LogP contribution >= 0.6 is 0 Å². The second-order valence-electron chi connectivity index (χ2n) is 10.2. The number of hydrogen-bond donors (Lipinski definition) is 3. The van der Waals surface area contributed by atoms with Gasteiger partial charge in [0.05, 0.1) is 4.90 Å². The van der Waals surface area contributed by atoms with Crippen LogP contribution in [-0.2, 0) is 24.4 Å². The number of amides is 2. The number of nitrogens with zero attached hydrogens (tertiary/aromatic N) is 1. The largest absolute Gasteiger partial charge is 0.480 e. The quantitative estimate of drug-likeness (QED) is 0.420. The first-order chi connectivity index (χ1) is 16.3. The summed E-state index contributed by atoms with van der Waals surface area (Å²) in [4.78, 5) is 39.1. The number of carboxylic acids is 1. The second kappa shape index (κ2) is 12.5. The topological polar surface area (TPSA) is 133 Å². The molecule has 2 rings (SSSR count). The lowest BCUT2D eigenvalue weighted by molar-refractivity contribution is -0.143. The van der Waals surface area contributed by atoms with Gasteiger partial charge in [-0.25, -0.2) is 13.2 Å². The maximum absolute atomic E-state index is 13.3. The molecule has 2 atom stereocenters. The Labute approximate surface area is 208 Å². The molecule has 1 aromatic carbocycles. The van der Waals surface area contributed by atoms with Gasteiger partial charge in [-0.1, -0.05) is 45.4 Å². The van der Waals surface area contributed by atoms with Crippen molar-refractivity contribution in [3.63, 3.8) is 0 Å². The number of benzene rings is 1. The van der Waals surface area contributed by atoms with Crippen molar-refractivity contribution in [1.82, 2.24) is 14.9 Å². The number of carbonyl (C=O) groups is 3. The molecule has 0 aliphatic carbocycles. The van der Waals surface area contributed by atoms with Gasteiger partial charge in [0.1, 0.15) is 12.1 Å². The molecule has 0 unspecified atom stereocenters. The maximum Gasteiger partial charge on any atom is 0.326 e. The van der Waals surface area contributed by atoms with Crippen molar-refractivity contribution in [2.24, 2.45) is 17.8 Å². The van der Waals surface area contributed by atoms with Gasteiger partial charge < -0.3 is 15.3 Å². The lowest BCUT2D eigenvalue weighted by Gasteiger charge is -2.34. The molecule has 0 saturated carbocycles. The highest BCUT2D eigenvalue weighted by molar-refractivity contribution is 7.89. The third kappa shape index (κ3) is 8.61. The molecule has 1 aliphatic rings. The van der Waals surface area contributed by atoms with Crippen molar-refractivity contribution >= 4 is 27.8 Å². The van der Waals surface area contributed by atoms with Crippen LogP contribution in [0.4, 0.5) is 0 Å². The zero-order valence-corrected chi connectivity index (χ0v) is 22.1. The third-order valence-electron chi connectivity index (χ3n) is 6.13. The SMILES string of the molecule is Cc1ccc(S(=O)(=O)N[C@@H](CC(C)C)C(=O)N2CCC(C(=O)N[C@@H](CC(C)C)C(=O)O)CC2)cc1. The summed E-state index contributed by atoms with van der Waals surface area (Å²) in [5, 5.41) is 12.0. The highest BCUT2D eigenvalue weighted by atomic mass is 32.2. The molecule has 9 nitrogen and oxygen atoms in total. The molecule has 0 bridgehead atoms. The van der Waals surface area contributed by atoms with Crippen LogP contribution in [0.15, 0.2) is 29.2 Å². The minimum Gasteiger partial charge on any atom is -0.480 e. The fraction of sp³-hybridized carbons (Fsp3) is 0.640. The number of nitrogens with one attached hydrogen (secondary N) is 2. The van der Waals surface area contributed by atoms with E-state index in [1.54, 1.807) is 17.0 Å². The normalized spacial score (nSPS) is 16.8. The zero-order valence-electron chi connectivity index (χ0n) is 21.3. The summed E-state index contributed by atoms with van der Waals surface area (Å²) in [6.45, 7) is 10.1. The van der Waals surface area contributed by atoms with E-state index in [2.05, 4.69) is 10.0 Å². The maximum atomic E-state index is 13.3. The lowest BCUT2D eigenvalue weighted by Crippen LogP contribution is -2.52. The molecule has 1 heterocycles. The van der Waals surface area contributed by atoms with Crippen LogP contribution < -0.4 is 10.0 Å². The smallest absolute Gasteiger partial charge is 0.326 e. The second-order valence-corrected chi connectivity index (χ2v) is 12.0. The summed E-state index contributed by atoms with van der Waals surface area (Å²) in [5.41, 5.74) is 0.935. The van der Waals surface area contributed by atoms with Crippen LogP contribution in [0.25, 0.3) is 0 Å². The number of rotatable bonds is 11. The van der Waals surface area contributed by atoms with E-state index < -0.39 is 28.1 Å². The fourth-order valence-corrected chi connectivity index (χ4v) is 5.41. The number of carboxylic acid groups (broad SMARTS) is 1. The van der Waals surface area contributed by atoms with E-state index in [1.807, 2.05) is 34.6 Å². The highest BCUT2D eigenvalue weighted by Gasteiger charge is 2.34. The van der Waals surface area contributed by atoms with Crippen LogP contribution in [0.3, 0.4) is 0 Å². The molecular weight excluding hydrogens is 470 g/mol. The first kappa shape index (κ1) is 28.8. The van der Waals surface area contributed by atoms with Gasteiger partial charge in [0.25, 0.3) is 0 Å². The molecular formula is C25H39N3O6S. The molecule has 2 amide bonds. The van der Waals surface area contributed by atoms with Crippen LogP contribution in [0, 0.1) is 24.7 Å². The summed E-state index contributed by atoms with van der Waals surface area (Å²) in [7, 11) is -3.88. The Hall–Kier alpha value is -2.46. The van der Waals surface area contributed by atoms with E-state index in [0.29, 0.717) is 38.8 Å². The number of aliphatic carboxylic acids is 1. The zero-order chi connectivity index (χ0) is 26.3. The number of hydrogen-bond acceptors (Lipinski definition) is 5. The Bertz CT molecular complexity index is 983. The van der Waals surface area contributed by atoms with Crippen LogP contribution in [0.2, 0.25) is 0 Å². The number of piperidine rings is 1. The molecule has 196 valence electrons. The minimum atomic E-state index is -3.88. The standard InChI is InChI=1S/C25H39N3O6S/c1-16(2)14-21(27-35(33,34)20-8-6-18(5)7-9-20)24(30)28-12-10-19(11-13-28)23(29)26-22(25(31)32)15-17(3)4/h6-9,16-17,19,21-22,27H,10-15H2,1-5H3,(H,26,29)(H,31,32)/t21-,22-/m0/s1. The summed E-state index contributed by atoms with van der Waals surface area (Å²) in [5.74, 6) is -1.86. The monoisotopic (exact) mass is 509 g/mol. The average Bonchev–Trinajstić information content (AvgIpc) is 2.77. The number of likely N-dealkylation sites (tertiary alicyclic amines) is 1. The van der Waals surface area contributed by atoms with Crippen molar-refractivity contribution < 1.29 is 27.9 Å². The number of carbonyl (C=O) groups excluding carboxylic acids is 2. The average molecular weight is 510 g/mol. The van der Waals surface area contributed by atoms with Crippen molar-refractivity contribution in [2.75, 3.05) is 13.1 Å². The van der Waals surface area contributed by atoms with Crippen LogP contribution in [0.1, 0.15) is 58.9 Å². The van der Waals surface area contributed by atoms with Gasteiger partial charge in [0.2, 0.25) is 21.8 Å². The molecule has 10 heteroatoms. The molecule has 0 radical (unpaired) electrons. The van der Waals surface area contributed by atoms with Gasteiger partial charge >= 0.3 is 5.97 Å². The van der Waals surface area contributed by atoms with E-state index in [0.717, 1.165) is 5.56 Å². The number of sulfonamides is 1.